The quantitative estimate of drug-likeness (QED) is 0.829. The molecule has 2 amide bonds. The van der Waals surface area contributed by atoms with Crippen LogP contribution in [0, 0.1) is 13.8 Å². The fourth-order valence-electron chi connectivity index (χ4n) is 1.86. The lowest BCUT2D eigenvalue weighted by Crippen LogP contribution is -2.49. The summed E-state index contributed by atoms with van der Waals surface area (Å²) in [6, 6.07) is 4.12. The molecule has 1 aromatic carbocycles. The Morgan fingerprint density at radius 3 is 2.35 bits per heavy atom. The van der Waals surface area contributed by atoms with Crippen molar-refractivity contribution in [1.29, 1.82) is 0 Å². The van der Waals surface area contributed by atoms with Crippen molar-refractivity contribution < 1.29 is 14.7 Å². The molecule has 20 heavy (non-hydrogen) atoms. The lowest BCUT2D eigenvalue weighted by atomic mass is 10.1. The van der Waals surface area contributed by atoms with Crippen molar-refractivity contribution in [3.63, 3.8) is 0 Å². The van der Waals surface area contributed by atoms with E-state index in [1.807, 2.05) is 38.3 Å². The van der Waals surface area contributed by atoms with Crippen molar-refractivity contribution in [3.05, 3.63) is 29.3 Å². The Labute approximate surface area is 123 Å². The number of hydrogen-bond donors (Lipinski definition) is 2. The number of benzene rings is 1. The first kappa shape index (κ1) is 16.4. The lowest BCUT2D eigenvalue weighted by Gasteiger charge is -2.19. The van der Waals surface area contributed by atoms with Gasteiger partial charge in [0.05, 0.1) is 12.0 Å². The fraction of sp³-hybridized carbons (Fsp3) is 0.429. The Bertz CT molecular complexity index is 471. The van der Waals surface area contributed by atoms with Gasteiger partial charge in [0.1, 0.15) is 0 Å². The molecule has 1 rings (SSSR count). The van der Waals surface area contributed by atoms with Gasteiger partial charge < -0.3 is 20.5 Å². The Morgan fingerprint density at radius 1 is 1.25 bits per heavy atom. The maximum atomic E-state index is 11.8. The SMILES string of the molecule is CSCC[C@H](NC(=O)Nc1cc(C)cc(C)c1)C(=O)[O-]. The van der Waals surface area contributed by atoms with Crippen LogP contribution in [-0.2, 0) is 4.79 Å². The van der Waals surface area contributed by atoms with Crippen molar-refractivity contribution in [2.24, 2.45) is 0 Å². The van der Waals surface area contributed by atoms with Crippen LogP contribution in [0.2, 0.25) is 0 Å². The first-order valence-corrected chi connectivity index (χ1v) is 7.67. The largest absolute Gasteiger partial charge is 0.548 e. The zero-order valence-corrected chi connectivity index (χ0v) is 12.7. The summed E-state index contributed by atoms with van der Waals surface area (Å²) in [6.45, 7) is 3.86. The third-order valence-electron chi connectivity index (χ3n) is 2.68. The van der Waals surface area contributed by atoms with Gasteiger partial charge in [0.25, 0.3) is 0 Å². The highest BCUT2D eigenvalue weighted by molar-refractivity contribution is 7.98. The predicted octanol–water partition coefficient (Wildman–Crippen LogP) is 1.30. The van der Waals surface area contributed by atoms with Crippen LogP contribution in [0.3, 0.4) is 0 Å². The molecule has 5 nitrogen and oxygen atoms in total. The summed E-state index contributed by atoms with van der Waals surface area (Å²) in [7, 11) is 0. The van der Waals surface area contributed by atoms with Gasteiger partial charge in [-0.25, -0.2) is 4.79 Å². The normalized spacial score (nSPS) is 11.8. The summed E-state index contributed by atoms with van der Waals surface area (Å²) >= 11 is 1.52. The number of carboxylic acids is 1. The van der Waals surface area contributed by atoms with Crippen molar-refractivity contribution >= 4 is 29.4 Å². The van der Waals surface area contributed by atoms with Gasteiger partial charge in [-0.2, -0.15) is 11.8 Å². The van der Waals surface area contributed by atoms with Gasteiger partial charge in [0.15, 0.2) is 0 Å². The van der Waals surface area contributed by atoms with Gasteiger partial charge in [-0.1, -0.05) is 6.07 Å². The molecule has 110 valence electrons. The summed E-state index contributed by atoms with van der Waals surface area (Å²) in [5, 5.41) is 16.0. The predicted molar refractivity (Wildman–Crippen MR) is 79.9 cm³/mol. The Balaban J connectivity index is 2.63. The monoisotopic (exact) mass is 295 g/mol. The van der Waals surface area contributed by atoms with Crippen molar-refractivity contribution in [2.75, 3.05) is 17.3 Å². The van der Waals surface area contributed by atoms with Crippen LogP contribution in [0.1, 0.15) is 17.5 Å². The van der Waals surface area contributed by atoms with Crippen molar-refractivity contribution in [1.82, 2.24) is 5.32 Å². The maximum Gasteiger partial charge on any atom is 0.319 e. The zero-order chi connectivity index (χ0) is 15.1. The van der Waals surface area contributed by atoms with E-state index in [0.717, 1.165) is 11.1 Å². The van der Waals surface area contributed by atoms with Crippen LogP contribution >= 0.6 is 11.8 Å². The second-order valence-corrected chi connectivity index (χ2v) is 5.61. The Morgan fingerprint density at radius 2 is 1.85 bits per heavy atom. The zero-order valence-electron chi connectivity index (χ0n) is 11.9. The Kier molecular flexibility index (Phi) is 6.38. The molecule has 0 aliphatic carbocycles. The van der Waals surface area contributed by atoms with Crippen LogP contribution in [0.15, 0.2) is 18.2 Å². The molecule has 0 saturated heterocycles. The van der Waals surface area contributed by atoms with Crippen LogP contribution < -0.4 is 15.7 Å². The minimum atomic E-state index is -1.27. The van der Waals surface area contributed by atoms with E-state index in [1.165, 1.54) is 11.8 Å². The standard InChI is InChI=1S/C14H20N2O3S/c1-9-6-10(2)8-11(7-9)15-14(19)16-12(13(17)18)4-5-20-3/h6-8,12H,4-5H2,1-3H3,(H,17,18)(H2,15,16,19)/p-1/t12-/m0/s1. The van der Waals surface area contributed by atoms with Crippen LogP contribution in [0.4, 0.5) is 10.5 Å². The van der Waals surface area contributed by atoms with Crippen LogP contribution in [-0.4, -0.2) is 30.1 Å². The third-order valence-corrected chi connectivity index (χ3v) is 3.32. The molecule has 2 N–H and O–H groups in total. The third kappa shape index (κ3) is 5.52. The number of aliphatic carboxylic acids is 1. The molecule has 1 aromatic rings. The van der Waals surface area contributed by atoms with Gasteiger partial charge in [-0.05, 0) is 55.5 Å². The van der Waals surface area contributed by atoms with E-state index in [-0.39, 0.29) is 0 Å². The van der Waals surface area contributed by atoms with Gasteiger partial charge >= 0.3 is 6.03 Å². The van der Waals surface area contributed by atoms with Gasteiger partial charge in [0, 0.05) is 5.69 Å². The molecule has 0 spiro atoms. The first-order chi connectivity index (χ1) is 9.42. The lowest BCUT2D eigenvalue weighted by molar-refractivity contribution is -0.308. The number of hydrogen-bond acceptors (Lipinski definition) is 4. The number of nitrogens with one attached hydrogen (secondary N) is 2. The van der Waals surface area contributed by atoms with Crippen molar-refractivity contribution in [3.8, 4) is 0 Å². The molecule has 0 unspecified atom stereocenters. The number of carbonyl (C=O) groups is 2. The van der Waals surface area contributed by atoms with Gasteiger partial charge in [0.2, 0.25) is 0 Å². The molecular weight excluding hydrogens is 276 g/mol. The topological polar surface area (TPSA) is 81.3 Å². The highest BCUT2D eigenvalue weighted by atomic mass is 32.2. The number of anilines is 1. The summed E-state index contributed by atoms with van der Waals surface area (Å²) in [4.78, 5) is 22.7. The number of rotatable bonds is 6. The molecule has 1 atom stereocenters. The highest BCUT2D eigenvalue weighted by Gasteiger charge is 2.13. The van der Waals surface area contributed by atoms with E-state index in [9.17, 15) is 14.7 Å². The number of thioether (sulfide) groups is 1. The van der Waals surface area contributed by atoms with E-state index >= 15 is 0 Å². The summed E-state index contributed by atoms with van der Waals surface area (Å²) in [6.07, 6.45) is 2.21. The number of aryl methyl sites for hydroxylation is 2. The van der Waals surface area contributed by atoms with E-state index in [0.29, 0.717) is 17.9 Å². The first-order valence-electron chi connectivity index (χ1n) is 6.28. The number of urea groups is 1. The van der Waals surface area contributed by atoms with E-state index < -0.39 is 18.0 Å². The van der Waals surface area contributed by atoms with Crippen molar-refractivity contribution in [2.45, 2.75) is 26.3 Å². The minimum absolute atomic E-state index is 0.337. The summed E-state index contributed by atoms with van der Waals surface area (Å²) in [5.41, 5.74) is 2.69. The molecule has 0 aromatic heterocycles. The van der Waals surface area contributed by atoms with E-state index in [2.05, 4.69) is 10.6 Å². The summed E-state index contributed by atoms with van der Waals surface area (Å²) in [5.74, 6) is -0.628. The molecule has 0 aliphatic rings. The second kappa shape index (κ2) is 7.79. The molecule has 0 radical (unpaired) electrons. The number of amides is 2. The van der Waals surface area contributed by atoms with Crippen LogP contribution in [0.25, 0.3) is 0 Å². The second-order valence-electron chi connectivity index (χ2n) is 4.63. The molecule has 0 bridgehead atoms. The minimum Gasteiger partial charge on any atom is -0.548 e. The molecule has 0 fully saturated rings. The van der Waals surface area contributed by atoms with E-state index in [1.54, 1.807) is 0 Å². The summed E-state index contributed by atoms with van der Waals surface area (Å²) < 4.78 is 0. The average molecular weight is 295 g/mol. The fourth-order valence-corrected chi connectivity index (χ4v) is 2.33. The van der Waals surface area contributed by atoms with E-state index in [4.69, 9.17) is 0 Å². The smallest absolute Gasteiger partial charge is 0.319 e. The van der Waals surface area contributed by atoms with Gasteiger partial charge in [-0.15, -0.1) is 0 Å². The number of carboxylic acid groups (broad SMARTS) is 1. The highest BCUT2D eigenvalue weighted by Crippen LogP contribution is 2.13. The van der Waals surface area contributed by atoms with Crippen LogP contribution in [0.5, 0.6) is 0 Å². The van der Waals surface area contributed by atoms with Gasteiger partial charge in [-0.3, -0.25) is 0 Å². The Hall–Kier alpha value is -1.69. The number of carbonyl (C=O) groups excluding carboxylic acids is 2. The average Bonchev–Trinajstić information content (AvgIpc) is 2.32. The maximum absolute atomic E-state index is 11.8. The molecule has 0 aliphatic heterocycles. The molecule has 0 saturated carbocycles. The molecule has 0 heterocycles. The molecule has 6 heteroatoms. The molecular formula is C14H19N2O3S-.